The van der Waals surface area contributed by atoms with Gasteiger partial charge < -0.3 is 14.2 Å². The van der Waals surface area contributed by atoms with Crippen LogP contribution in [0.2, 0.25) is 0 Å². The minimum absolute atomic E-state index is 0.153. The van der Waals surface area contributed by atoms with Crippen molar-refractivity contribution in [3.8, 4) is 33.8 Å². The maximum atomic E-state index is 12.5. The number of ketones is 1. The van der Waals surface area contributed by atoms with Crippen molar-refractivity contribution in [2.45, 2.75) is 53.6 Å². The number of hydrogen-bond donors (Lipinski definition) is 0. The van der Waals surface area contributed by atoms with E-state index in [-0.39, 0.29) is 28.2 Å². The second-order valence-electron chi connectivity index (χ2n) is 11.0. The van der Waals surface area contributed by atoms with Crippen LogP contribution in [0.3, 0.4) is 0 Å². The van der Waals surface area contributed by atoms with Crippen molar-refractivity contribution in [2.75, 3.05) is 0 Å². The van der Waals surface area contributed by atoms with Crippen LogP contribution in [0.25, 0.3) is 22.3 Å². The number of carbonyl (C=O) groups excluding carboxylic acids is 4. The molecule has 220 valence electrons. The number of rotatable bonds is 9. The van der Waals surface area contributed by atoms with Gasteiger partial charge in [0.05, 0.1) is 0 Å². The number of Topliss-reactive ketones (excluding diaryl/α,β-unsaturated/α-hetero) is 1. The number of hydrogen-bond acceptors (Lipinski definition) is 7. The molecule has 7 nitrogen and oxygen atoms in total. The van der Waals surface area contributed by atoms with E-state index in [1.54, 1.807) is 26.0 Å². The average Bonchev–Trinajstić information content (AvgIpc) is 3.35. The topological polar surface area (TPSA) is 96.0 Å². The Bertz CT molecular complexity index is 1720. The van der Waals surface area contributed by atoms with Crippen molar-refractivity contribution in [1.82, 2.24) is 0 Å². The Morgan fingerprint density at radius 3 is 1.91 bits per heavy atom. The first kappa shape index (κ1) is 30.9. The van der Waals surface area contributed by atoms with Crippen molar-refractivity contribution in [3.05, 3.63) is 107 Å². The van der Waals surface area contributed by atoms with Crippen LogP contribution in [-0.4, -0.2) is 29.8 Å². The summed E-state index contributed by atoms with van der Waals surface area (Å²) in [6.45, 7) is 19.4. The lowest BCUT2D eigenvalue weighted by Crippen LogP contribution is -2.25. The molecular formula is C36H34O7. The zero-order valence-corrected chi connectivity index (χ0v) is 25.1. The second-order valence-corrected chi connectivity index (χ2v) is 11.0. The van der Waals surface area contributed by atoms with Crippen molar-refractivity contribution < 1.29 is 33.4 Å². The highest BCUT2D eigenvalue weighted by Gasteiger charge is 2.28. The maximum Gasteiger partial charge on any atom is 0.379 e. The summed E-state index contributed by atoms with van der Waals surface area (Å²) in [5.74, 6) is -2.30. The zero-order valence-electron chi connectivity index (χ0n) is 25.1. The smallest absolute Gasteiger partial charge is 0.379 e. The molecule has 4 rings (SSSR count). The third-order valence-electron chi connectivity index (χ3n) is 7.18. The first-order valence-corrected chi connectivity index (χ1v) is 13.8. The predicted molar refractivity (Wildman–Crippen MR) is 165 cm³/mol. The van der Waals surface area contributed by atoms with E-state index in [4.69, 9.17) is 14.2 Å². The third-order valence-corrected chi connectivity index (χ3v) is 7.18. The van der Waals surface area contributed by atoms with Crippen LogP contribution in [0, 0.1) is 13.8 Å². The molecule has 0 saturated carbocycles. The average molecular weight is 579 g/mol. The summed E-state index contributed by atoms with van der Waals surface area (Å²) in [6.07, 6.45) is 0.670. The number of aryl methyl sites for hydroxylation is 2. The van der Waals surface area contributed by atoms with Crippen LogP contribution >= 0.6 is 0 Å². The van der Waals surface area contributed by atoms with Gasteiger partial charge in [0.15, 0.2) is 0 Å². The summed E-state index contributed by atoms with van der Waals surface area (Å²) < 4.78 is 16.5. The Balaban J connectivity index is 1.65. The summed E-state index contributed by atoms with van der Waals surface area (Å²) in [5.41, 5.74) is 8.22. The van der Waals surface area contributed by atoms with E-state index in [9.17, 15) is 19.2 Å². The molecule has 1 aliphatic rings. The molecule has 0 fully saturated rings. The SMILES string of the molecule is C=C(C)C(=O)Oc1ccc(-c2cc(C)c(-c3ccc4c(c3)CC(OC(=O)C(=O)C(=C)C)C4)cc2C)c(OC(=O)C(=C)C)c1. The lowest BCUT2D eigenvalue weighted by Gasteiger charge is -2.17. The Morgan fingerprint density at radius 1 is 0.651 bits per heavy atom. The Labute approximate surface area is 251 Å². The van der Waals surface area contributed by atoms with Gasteiger partial charge in [-0.2, -0.15) is 0 Å². The highest BCUT2D eigenvalue weighted by molar-refractivity contribution is 6.40. The van der Waals surface area contributed by atoms with Crippen molar-refractivity contribution in [1.29, 1.82) is 0 Å². The van der Waals surface area contributed by atoms with Crippen LogP contribution in [-0.2, 0) is 36.8 Å². The molecule has 0 saturated heterocycles. The van der Waals surface area contributed by atoms with E-state index in [2.05, 4.69) is 31.9 Å². The molecule has 3 aromatic rings. The Morgan fingerprint density at radius 2 is 1.26 bits per heavy atom. The second kappa shape index (κ2) is 12.4. The van der Waals surface area contributed by atoms with Crippen molar-refractivity contribution in [3.63, 3.8) is 0 Å². The summed E-state index contributed by atoms with van der Waals surface area (Å²) >= 11 is 0. The maximum absolute atomic E-state index is 12.5. The van der Waals surface area contributed by atoms with E-state index in [0.29, 0.717) is 18.4 Å². The molecule has 0 aliphatic heterocycles. The van der Waals surface area contributed by atoms with E-state index >= 15 is 0 Å². The molecule has 3 aromatic carbocycles. The van der Waals surface area contributed by atoms with Gasteiger partial charge in [-0.15, -0.1) is 0 Å². The summed E-state index contributed by atoms with van der Waals surface area (Å²) in [6, 6.07) is 15.2. The van der Waals surface area contributed by atoms with Gasteiger partial charge in [-0.3, -0.25) is 4.79 Å². The van der Waals surface area contributed by atoms with Gasteiger partial charge in [0.2, 0.25) is 0 Å². The predicted octanol–water partition coefficient (Wildman–Crippen LogP) is 6.76. The van der Waals surface area contributed by atoms with Crippen LogP contribution in [0.5, 0.6) is 11.5 Å². The van der Waals surface area contributed by atoms with E-state index in [1.165, 1.54) is 13.0 Å². The molecule has 1 atom stereocenters. The largest absolute Gasteiger partial charge is 0.456 e. The number of ether oxygens (including phenoxy) is 3. The lowest BCUT2D eigenvalue weighted by molar-refractivity contribution is -0.156. The van der Waals surface area contributed by atoms with Crippen molar-refractivity contribution in [2.24, 2.45) is 0 Å². The minimum atomic E-state index is -0.872. The highest BCUT2D eigenvalue weighted by Crippen LogP contribution is 2.39. The van der Waals surface area contributed by atoms with Crippen LogP contribution in [0.1, 0.15) is 43.0 Å². The summed E-state index contributed by atoms with van der Waals surface area (Å²) in [5, 5.41) is 0. The van der Waals surface area contributed by atoms with E-state index in [0.717, 1.165) is 38.9 Å². The Hall–Kier alpha value is -5.04. The lowest BCUT2D eigenvalue weighted by atomic mass is 9.90. The summed E-state index contributed by atoms with van der Waals surface area (Å²) in [7, 11) is 0. The summed E-state index contributed by atoms with van der Waals surface area (Å²) in [4.78, 5) is 48.6. The molecular weight excluding hydrogens is 544 g/mol. The van der Waals surface area contributed by atoms with Crippen molar-refractivity contribution >= 4 is 23.7 Å². The fourth-order valence-corrected chi connectivity index (χ4v) is 4.88. The molecule has 0 aromatic heterocycles. The molecule has 1 aliphatic carbocycles. The van der Waals surface area contributed by atoms with Gasteiger partial charge in [0.1, 0.15) is 17.6 Å². The van der Waals surface area contributed by atoms with Gasteiger partial charge >= 0.3 is 17.9 Å². The van der Waals surface area contributed by atoms with E-state index < -0.39 is 29.8 Å². The fourth-order valence-electron chi connectivity index (χ4n) is 4.88. The molecule has 7 heteroatoms. The van der Waals surface area contributed by atoms with Gasteiger partial charge in [-0.05, 0) is 91.3 Å². The highest BCUT2D eigenvalue weighted by atomic mass is 16.6. The number of esters is 3. The molecule has 1 unspecified atom stereocenters. The standard InChI is InChI=1S/C36H34O7/c1-19(2)33(37)36(40)42-28-16-24-9-10-25(15-26(24)17-28)30-13-23(8)31(14-22(30)7)29-12-11-27(41-34(38)20(3)4)18-32(29)43-35(39)21(5)6/h9-15,18,28H,1,3,5,16-17H2,2,4,6-8H3. The molecule has 0 amide bonds. The van der Waals surface area contributed by atoms with Gasteiger partial charge in [0.25, 0.3) is 5.78 Å². The van der Waals surface area contributed by atoms with Crippen LogP contribution in [0.15, 0.2) is 85.0 Å². The van der Waals surface area contributed by atoms with Gasteiger partial charge in [-0.25, -0.2) is 14.4 Å². The minimum Gasteiger partial charge on any atom is -0.456 e. The van der Waals surface area contributed by atoms with E-state index in [1.807, 2.05) is 32.0 Å². The fraction of sp³-hybridized carbons (Fsp3) is 0.222. The number of carbonyl (C=O) groups is 4. The number of fused-ring (bicyclic) bond motifs is 1. The molecule has 43 heavy (non-hydrogen) atoms. The molecule has 0 spiro atoms. The Kier molecular flexibility index (Phi) is 8.95. The quantitative estimate of drug-likeness (QED) is 0.120. The molecule has 0 radical (unpaired) electrons. The molecule has 0 N–H and O–H groups in total. The third kappa shape index (κ3) is 6.89. The first-order valence-electron chi connectivity index (χ1n) is 13.8. The monoisotopic (exact) mass is 578 g/mol. The van der Waals surface area contributed by atoms with Gasteiger partial charge in [-0.1, -0.05) is 50.1 Å². The van der Waals surface area contributed by atoms with Gasteiger partial charge in [0, 0.05) is 35.6 Å². The first-order chi connectivity index (χ1) is 20.2. The van der Waals surface area contributed by atoms with Crippen LogP contribution in [0.4, 0.5) is 0 Å². The molecule has 0 heterocycles. The molecule has 0 bridgehead atoms. The normalized spacial score (nSPS) is 13.5. The van der Waals surface area contributed by atoms with Crippen LogP contribution < -0.4 is 9.47 Å². The number of benzene rings is 3. The zero-order chi connectivity index (χ0) is 31.6.